The number of nitrogens with zero attached hydrogens (tertiary/aromatic N) is 7. The molecule has 2 amide bonds. The maximum atomic E-state index is 14.2. The molecule has 1 saturated carbocycles. The van der Waals surface area contributed by atoms with Crippen molar-refractivity contribution in [2.24, 2.45) is 42.7 Å². The molecule has 4 heterocycles. The number of amides is 2. The maximum absolute atomic E-state index is 14.2. The summed E-state index contributed by atoms with van der Waals surface area (Å²) in [6, 6.07) is 4.87. The van der Waals surface area contributed by atoms with Gasteiger partial charge in [0, 0.05) is 37.7 Å². The van der Waals surface area contributed by atoms with Crippen molar-refractivity contribution in [1.82, 2.24) is 15.1 Å². The zero-order valence-electron chi connectivity index (χ0n) is 25.5. The molecule has 3 atom stereocenters. The molecule has 13 heteroatoms. The standard InChI is InChI=1S/C31H41ClN8O4/c1-3-40-17-22(29(43)36-24-9-5-4-8-21(27(24)42)15-26(41)39-12-6-7-13-39)28(30-18-34-37-31(30,40)38-35-19-30)33-16-20-10-11-25(44-2)23(32)14-20/h10-11,14,21-22,24H,3-9,12-13,15-19H2,1-2H3,(H,36,43)/t21?,22?,24-,30?,31?/m0/s1. The second-order valence-electron chi connectivity index (χ2n) is 12.5. The van der Waals surface area contributed by atoms with Gasteiger partial charge in [0.25, 0.3) is 5.79 Å². The van der Waals surface area contributed by atoms with E-state index in [1.807, 2.05) is 24.0 Å². The number of methoxy groups -OCH3 is 1. The van der Waals surface area contributed by atoms with Gasteiger partial charge in [-0.3, -0.25) is 24.3 Å². The van der Waals surface area contributed by atoms with Gasteiger partial charge in [0.15, 0.2) is 5.78 Å². The van der Waals surface area contributed by atoms with Crippen molar-refractivity contribution >= 4 is 34.9 Å². The highest BCUT2D eigenvalue weighted by atomic mass is 35.5. The number of nitrogens with one attached hydrogen (secondary N) is 1. The Bertz CT molecular complexity index is 1370. The van der Waals surface area contributed by atoms with E-state index in [0.29, 0.717) is 55.5 Å². The van der Waals surface area contributed by atoms with Gasteiger partial charge >= 0.3 is 0 Å². The number of ketones is 1. The first-order valence-electron chi connectivity index (χ1n) is 15.8. The van der Waals surface area contributed by atoms with Crippen LogP contribution in [0.4, 0.5) is 0 Å². The lowest BCUT2D eigenvalue weighted by atomic mass is 9.68. The Morgan fingerprint density at radius 2 is 1.84 bits per heavy atom. The Morgan fingerprint density at radius 1 is 1.11 bits per heavy atom. The molecule has 5 aliphatic rings. The van der Waals surface area contributed by atoms with Gasteiger partial charge in [0.05, 0.1) is 43.7 Å². The van der Waals surface area contributed by atoms with Crippen LogP contribution in [0, 0.1) is 17.3 Å². The van der Waals surface area contributed by atoms with Crippen molar-refractivity contribution < 1.29 is 19.1 Å². The molecule has 4 aliphatic heterocycles. The molecule has 1 N–H and O–H groups in total. The molecule has 44 heavy (non-hydrogen) atoms. The van der Waals surface area contributed by atoms with Gasteiger partial charge in [-0.05, 0) is 49.9 Å². The third-order valence-electron chi connectivity index (χ3n) is 9.99. The second kappa shape index (κ2) is 12.6. The Balaban J connectivity index is 1.26. The number of ether oxygens (including phenoxy) is 1. The largest absolute Gasteiger partial charge is 0.495 e. The minimum atomic E-state index is -1.02. The van der Waals surface area contributed by atoms with Gasteiger partial charge in [0.2, 0.25) is 11.8 Å². The first-order chi connectivity index (χ1) is 21.3. The zero-order valence-corrected chi connectivity index (χ0v) is 26.3. The summed E-state index contributed by atoms with van der Waals surface area (Å²) in [7, 11) is 1.57. The van der Waals surface area contributed by atoms with E-state index >= 15 is 0 Å². The topological polar surface area (TPSA) is 141 Å². The quantitative estimate of drug-likeness (QED) is 0.434. The minimum Gasteiger partial charge on any atom is -0.495 e. The second-order valence-corrected chi connectivity index (χ2v) is 12.9. The Hall–Kier alpha value is -3.25. The summed E-state index contributed by atoms with van der Waals surface area (Å²) in [4.78, 5) is 49.9. The summed E-state index contributed by atoms with van der Waals surface area (Å²) in [5.74, 6) is -1.72. The number of halogens is 1. The molecule has 6 rings (SSSR count). The lowest BCUT2D eigenvalue weighted by molar-refractivity contribution is -0.136. The fraction of sp³-hybridized carbons (Fsp3) is 0.677. The van der Waals surface area contributed by atoms with Crippen molar-refractivity contribution in [2.75, 3.05) is 46.4 Å². The predicted octanol–water partition coefficient (Wildman–Crippen LogP) is 4.07. The molecule has 3 fully saturated rings. The number of rotatable bonds is 8. The minimum absolute atomic E-state index is 0.0397. The fourth-order valence-corrected chi connectivity index (χ4v) is 7.83. The SMILES string of the molecule is CCN1CC(C(=O)N[C@H]2CCCCC(CC(=O)N3CCCC3)C2=O)C(=NCc2ccc(OC)c(Cl)c2)C23CN=NC12N=NC3. The van der Waals surface area contributed by atoms with Crippen LogP contribution in [0.5, 0.6) is 5.75 Å². The summed E-state index contributed by atoms with van der Waals surface area (Å²) in [6.45, 7) is 5.39. The average Bonchev–Trinajstić information content (AvgIpc) is 3.74. The van der Waals surface area contributed by atoms with Gasteiger partial charge in [-0.1, -0.05) is 37.4 Å². The van der Waals surface area contributed by atoms with E-state index in [1.165, 1.54) is 0 Å². The summed E-state index contributed by atoms with van der Waals surface area (Å²) in [6.07, 6.45) is 5.15. The molecule has 0 spiro atoms. The molecule has 2 unspecified atom stereocenters. The molecule has 1 aromatic rings. The first-order valence-corrected chi connectivity index (χ1v) is 16.2. The van der Waals surface area contributed by atoms with E-state index in [9.17, 15) is 14.4 Å². The van der Waals surface area contributed by atoms with E-state index in [1.54, 1.807) is 13.2 Å². The summed E-state index contributed by atoms with van der Waals surface area (Å²) < 4.78 is 5.30. The predicted molar refractivity (Wildman–Crippen MR) is 164 cm³/mol. The molecule has 1 aromatic carbocycles. The van der Waals surface area contributed by atoms with E-state index in [2.05, 4.69) is 30.7 Å². The van der Waals surface area contributed by atoms with Gasteiger partial charge in [0.1, 0.15) is 11.2 Å². The van der Waals surface area contributed by atoms with Crippen LogP contribution in [-0.2, 0) is 20.9 Å². The molecule has 12 nitrogen and oxygen atoms in total. The number of benzene rings is 1. The third kappa shape index (κ3) is 5.33. The number of hydrogen-bond donors (Lipinski definition) is 1. The van der Waals surface area contributed by atoms with Crippen molar-refractivity contribution in [3.8, 4) is 5.75 Å². The molecule has 236 valence electrons. The first kappa shape index (κ1) is 30.8. The number of carbonyl (C=O) groups is 3. The number of likely N-dealkylation sites (tertiary alicyclic amines) is 2. The Labute approximate surface area is 262 Å². The number of carbonyl (C=O) groups excluding carboxylic acids is 3. The molecule has 0 radical (unpaired) electrons. The Kier molecular flexibility index (Phi) is 8.83. The number of azo groups is 2. The highest BCUT2D eigenvalue weighted by Gasteiger charge is 2.69. The highest BCUT2D eigenvalue weighted by Crippen LogP contribution is 2.54. The molecule has 0 bridgehead atoms. The lowest BCUT2D eigenvalue weighted by Crippen LogP contribution is -2.68. The summed E-state index contributed by atoms with van der Waals surface area (Å²) in [5.41, 5.74) is 0.742. The number of aliphatic imine (C=N–C) groups is 1. The zero-order chi connectivity index (χ0) is 30.9. The van der Waals surface area contributed by atoms with Crippen molar-refractivity contribution in [1.29, 1.82) is 0 Å². The monoisotopic (exact) mass is 624 g/mol. The molecule has 0 aromatic heterocycles. The van der Waals surface area contributed by atoms with Gasteiger partial charge < -0.3 is 15.0 Å². The maximum Gasteiger partial charge on any atom is 0.259 e. The number of piperidine rings is 1. The normalized spacial score (nSPS) is 32.5. The molecular formula is C31H41ClN8O4. The molecule has 2 saturated heterocycles. The third-order valence-corrected chi connectivity index (χ3v) is 10.3. The average molecular weight is 625 g/mol. The van der Waals surface area contributed by atoms with Crippen molar-refractivity contribution in [3.63, 3.8) is 0 Å². The van der Waals surface area contributed by atoms with Crippen molar-refractivity contribution in [2.45, 2.75) is 70.2 Å². The highest BCUT2D eigenvalue weighted by molar-refractivity contribution is 6.32. The summed E-state index contributed by atoms with van der Waals surface area (Å²) in [5, 5.41) is 21.6. The Morgan fingerprint density at radius 3 is 2.52 bits per heavy atom. The smallest absolute Gasteiger partial charge is 0.259 e. The number of hydrogen-bond acceptors (Lipinski definition) is 10. The molecule has 1 aliphatic carbocycles. The van der Waals surface area contributed by atoms with Gasteiger partial charge in [-0.25, -0.2) is 0 Å². The van der Waals surface area contributed by atoms with Crippen LogP contribution in [0.15, 0.2) is 43.6 Å². The van der Waals surface area contributed by atoms with Crippen LogP contribution in [0.2, 0.25) is 5.02 Å². The van der Waals surface area contributed by atoms with Crippen LogP contribution >= 0.6 is 11.6 Å². The van der Waals surface area contributed by atoms with Crippen molar-refractivity contribution in [3.05, 3.63) is 28.8 Å². The van der Waals surface area contributed by atoms with Crippen LogP contribution in [-0.4, -0.2) is 91.3 Å². The number of Topliss-reactive ketones (excluding diaryl/α,β-unsaturated/α-hetero) is 1. The van der Waals surface area contributed by atoms with E-state index in [-0.39, 0.29) is 36.5 Å². The van der Waals surface area contributed by atoms with Gasteiger partial charge in [-0.15, -0.1) is 10.2 Å². The molecular weight excluding hydrogens is 584 g/mol. The summed E-state index contributed by atoms with van der Waals surface area (Å²) >= 11 is 6.40. The van der Waals surface area contributed by atoms with E-state index in [0.717, 1.165) is 44.3 Å². The van der Waals surface area contributed by atoms with Crippen LogP contribution in [0.1, 0.15) is 57.4 Å². The van der Waals surface area contributed by atoms with Crippen LogP contribution < -0.4 is 10.1 Å². The lowest BCUT2D eigenvalue weighted by Gasteiger charge is -2.49. The van der Waals surface area contributed by atoms with E-state index < -0.39 is 23.2 Å². The fourth-order valence-electron chi connectivity index (χ4n) is 7.55. The van der Waals surface area contributed by atoms with E-state index in [4.69, 9.17) is 21.3 Å². The van der Waals surface area contributed by atoms with Crippen LogP contribution in [0.3, 0.4) is 0 Å². The van der Waals surface area contributed by atoms with Gasteiger partial charge in [-0.2, -0.15) is 10.2 Å². The van der Waals surface area contributed by atoms with Crippen LogP contribution in [0.25, 0.3) is 0 Å².